The summed E-state index contributed by atoms with van der Waals surface area (Å²) < 4.78 is 33.0. The number of nitrogens with one attached hydrogen (secondary N) is 2. The fourth-order valence-corrected chi connectivity index (χ4v) is 2.11. The topological polar surface area (TPSA) is 89.0 Å². The van der Waals surface area contributed by atoms with Crippen molar-refractivity contribution in [2.24, 2.45) is 4.99 Å². The van der Waals surface area contributed by atoms with E-state index in [4.69, 9.17) is 9.47 Å². The van der Waals surface area contributed by atoms with Crippen molar-refractivity contribution < 1.29 is 17.9 Å². The molecule has 0 atom stereocenters. The van der Waals surface area contributed by atoms with Crippen LogP contribution >= 0.6 is 0 Å². The monoisotopic (exact) mass is 323 g/mol. The van der Waals surface area contributed by atoms with E-state index in [1.165, 1.54) is 0 Å². The number of ether oxygens (including phenoxy) is 2. The average molecular weight is 323 g/mol. The van der Waals surface area contributed by atoms with Gasteiger partial charge in [-0.15, -0.1) is 0 Å². The highest BCUT2D eigenvalue weighted by molar-refractivity contribution is 7.91. The second-order valence-electron chi connectivity index (χ2n) is 4.38. The van der Waals surface area contributed by atoms with Crippen molar-refractivity contribution in [2.75, 3.05) is 58.1 Å². The van der Waals surface area contributed by atoms with Gasteiger partial charge in [-0.2, -0.15) is 0 Å². The van der Waals surface area contributed by atoms with Crippen molar-refractivity contribution in [3.05, 3.63) is 0 Å². The van der Waals surface area contributed by atoms with Crippen LogP contribution in [0.3, 0.4) is 0 Å². The number of hydrogen-bond donors (Lipinski definition) is 2. The zero-order valence-electron chi connectivity index (χ0n) is 13.4. The maximum atomic E-state index is 11.4. The number of aliphatic imine (C=N–C) groups is 1. The van der Waals surface area contributed by atoms with Crippen LogP contribution in [0.5, 0.6) is 0 Å². The van der Waals surface area contributed by atoms with Crippen molar-refractivity contribution in [2.45, 2.75) is 20.3 Å². The Morgan fingerprint density at radius 2 is 1.90 bits per heavy atom. The zero-order valence-corrected chi connectivity index (χ0v) is 14.2. The number of guanidine groups is 1. The minimum absolute atomic E-state index is 0.119. The Morgan fingerprint density at radius 3 is 2.52 bits per heavy atom. The smallest absolute Gasteiger partial charge is 0.191 e. The van der Waals surface area contributed by atoms with E-state index in [0.717, 1.165) is 13.0 Å². The van der Waals surface area contributed by atoms with E-state index >= 15 is 0 Å². The van der Waals surface area contributed by atoms with E-state index in [-0.39, 0.29) is 11.5 Å². The van der Waals surface area contributed by atoms with Gasteiger partial charge in [-0.05, 0) is 13.3 Å². The Hall–Kier alpha value is -0.860. The van der Waals surface area contributed by atoms with Crippen molar-refractivity contribution in [1.29, 1.82) is 0 Å². The molecule has 0 saturated heterocycles. The molecule has 0 saturated carbocycles. The van der Waals surface area contributed by atoms with Gasteiger partial charge in [-0.3, -0.25) is 4.99 Å². The predicted molar refractivity (Wildman–Crippen MR) is 85.6 cm³/mol. The molecule has 2 N–H and O–H groups in total. The largest absolute Gasteiger partial charge is 0.382 e. The summed E-state index contributed by atoms with van der Waals surface area (Å²) >= 11 is 0. The van der Waals surface area contributed by atoms with Gasteiger partial charge in [0, 0.05) is 39.1 Å². The van der Waals surface area contributed by atoms with Gasteiger partial charge in [0.2, 0.25) is 0 Å². The molecule has 0 aliphatic rings. The molecule has 8 heteroatoms. The molecule has 0 aromatic carbocycles. The predicted octanol–water partition coefficient (Wildman–Crippen LogP) is 0.0293. The molecule has 0 aromatic heterocycles. The lowest BCUT2D eigenvalue weighted by molar-refractivity contribution is 0.0702. The summed E-state index contributed by atoms with van der Waals surface area (Å²) in [6.07, 6.45) is 0.813. The quantitative estimate of drug-likeness (QED) is 0.299. The molecule has 0 aliphatic heterocycles. The Balaban J connectivity index is 3.91. The molecule has 0 rings (SSSR count). The zero-order chi connectivity index (χ0) is 16.0. The van der Waals surface area contributed by atoms with E-state index in [0.29, 0.717) is 38.9 Å². The number of hydrogen-bond acceptors (Lipinski definition) is 5. The van der Waals surface area contributed by atoms with Gasteiger partial charge in [0.15, 0.2) is 15.8 Å². The van der Waals surface area contributed by atoms with Crippen molar-refractivity contribution in [3.8, 4) is 0 Å². The van der Waals surface area contributed by atoms with E-state index in [1.54, 1.807) is 14.0 Å². The van der Waals surface area contributed by atoms with Crippen LogP contribution in [0.2, 0.25) is 0 Å². The second kappa shape index (κ2) is 12.8. The molecular weight excluding hydrogens is 294 g/mol. The minimum atomic E-state index is -2.95. The van der Waals surface area contributed by atoms with Gasteiger partial charge in [0.1, 0.15) is 0 Å². The molecule has 0 aromatic rings. The summed E-state index contributed by atoms with van der Waals surface area (Å²) in [5, 5.41) is 6.10. The van der Waals surface area contributed by atoms with Gasteiger partial charge in [-0.25, -0.2) is 8.42 Å². The van der Waals surface area contributed by atoms with E-state index in [9.17, 15) is 8.42 Å². The molecule has 0 amide bonds. The van der Waals surface area contributed by atoms with Crippen molar-refractivity contribution in [3.63, 3.8) is 0 Å². The number of sulfone groups is 1. The lowest BCUT2D eigenvalue weighted by Crippen LogP contribution is -2.39. The summed E-state index contributed by atoms with van der Waals surface area (Å²) in [6.45, 7) is 7.17. The Kier molecular flexibility index (Phi) is 12.3. The summed E-state index contributed by atoms with van der Waals surface area (Å²) in [5.41, 5.74) is 0. The molecule has 0 aliphatic carbocycles. The highest BCUT2D eigenvalue weighted by atomic mass is 32.2. The van der Waals surface area contributed by atoms with Crippen LogP contribution in [0, 0.1) is 0 Å². The first kappa shape index (κ1) is 20.1. The third-order valence-electron chi connectivity index (χ3n) is 2.64. The normalized spacial score (nSPS) is 12.4. The average Bonchev–Trinajstić information content (AvgIpc) is 2.46. The number of nitrogens with zero attached hydrogens (tertiary/aromatic N) is 1. The standard InChI is InChI=1S/C13H29N3O4S/c1-4-14-13(16-8-12-21(17,18)5-2)15-7-6-9-20-11-10-19-3/h4-12H2,1-3H3,(H2,14,15,16). The molecule has 0 bridgehead atoms. The van der Waals surface area contributed by atoms with Gasteiger partial charge in [-0.1, -0.05) is 6.92 Å². The third-order valence-corrected chi connectivity index (χ3v) is 4.34. The van der Waals surface area contributed by atoms with Crippen LogP contribution in [-0.2, 0) is 19.3 Å². The molecule has 0 unspecified atom stereocenters. The van der Waals surface area contributed by atoms with E-state index in [2.05, 4.69) is 15.6 Å². The molecule has 0 spiro atoms. The summed E-state index contributed by atoms with van der Waals surface area (Å²) in [6, 6.07) is 0. The summed E-state index contributed by atoms with van der Waals surface area (Å²) in [4.78, 5) is 4.37. The van der Waals surface area contributed by atoms with Crippen LogP contribution in [0.15, 0.2) is 4.99 Å². The first-order valence-corrected chi connectivity index (χ1v) is 9.17. The van der Waals surface area contributed by atoms with Gasteiger partial charge < -0.3 is 20.1 Å². The fraction of sp³-hybridized carbons (Fsp3) is 0.923. The number of rotatable bonds is 12. The molecule has 0 heterocycles. The van der Waals surface area contributed by atoms with Crippen LogP contribution in [-0.4, -0.2) is 72.4 Å². The lowest BCUT2D eigenvalue weighted by atomic mass is 10.4. The van der Waals surface area contributed by atoms with Gasteiger partial charge >= 0.3 is 0 Å². The molecule has 0 fully saturated rings. The van der Waals surface area contributed by atoms with Gasteiger partial charge in [0.05, 0.1) is 19.0 Å². The van der Waals surface area contributed by atoms with E-state index in [1.807, 2.05) is 6.92 Å². The Morgan fingerprint density at radius 1 is 1.14 bits per heavy atom. The molecule has 7 nitrogen and oxygen atoms in total. The Bertz CT molecular complexity index is 372. The van der Waals surface area contributed by atoms with Gasteiger partial charge in [0.25, 0.3) is 0 Å². The molecular formula is C13H29N3O4S. The highest BCUT2D eigenvalue weighted by Crippen LogP contribution is 1.88. The maximum Gasteiger partial charge on any atom is 0.191 e. The molecule has 0 radical (unpaired) electrons. The lowest BCUT2D eigenvalue weighted by Gasteiger charge is -2.11. The van der Waals surface area contributed by atoms with Crippen LogP contribution < -0.4 is 10.6 Å². The SMILES string of the molecule is CCNC(=NCCCOCCOC)NCCS(=O)(=O)CC. The first-order valence-electron chi connectivity index (χ1n) is 7.35. The summed E-state index contributed by atoms with van der Waals surface area (Å²) in [7, 11) is -1.31. The van der Waals surface area contributed by atoms with Crippen molar-refractivity contribution >= 4 is 15.8 Å². The first-order chi connectivity index (χ1) is 10.1. The van der Waals surface area contributed by atoms with Crippen LogP contribution in [0.1, 0.15) is 20.3 Å². The molecule has 21 heavy (non-hydrogen) atoms. The summed E-state index contributed by atoms with van der Waals surface area (Å²) in [5.74, 6) is 0.926. The van der Waals surface area contributed by atoms with Crippen LogP contribution in [0.25, 0.3) is 0 Å². The van der Waals surface area contributed by atoms with Crippen LogP contribution in [0.4, 0.5) is 0 Å². The maximum absolute atomic E-state index is 11.4. The van der Waals surface area contributed by atoms with E-state index < -0.39 is 9.84 Å². The minimum Gasteiger partial charge on any atom is -0.382 e. The van der Waals surface area contributed by atoms with Crippen molar-refractivity contribution in [1.82, 2.24) is 10.6 Å². The highest BCUT2D eigenvalue weighted by Gasteiger charge is 2.07. The Labute approximate surface area is 128 Å². The fourth-order valence-electron chi connectivity index (χ4n) is 1.41. The molecule has 126 valence electrons. The third kappa shape index (κ3) is 12.6. The number of methoxy groups -OCH3 is 1. The second-order valence-corrected chi connectivity index (χ2v) is 6.86.